The first kappa shape index (κ1) is 20.1. The number of aromatic nitrogens is 4. The molecular weight excluding hydrogens is 406 g/mol. The minimum atomic E-state index is -0.753. The van der Waals surface area contributed by atoms with Gasteiger partial charge >= 0.3 is 5.97 Å². The second-order valence-electron chi connectivity index (χ2n) is 8.16. The summed E-state index contributed by atoms with van der Waals surface area (Å²) >= 11 is 0. The van der Waals surface area contributed by atoms with Gasteiger partial charge in [-0.1, -0.05) is 12.5 Å². The average Bonchev–Trinajstić information content (AvgIpc) is 3.23. The summed E-state index contributed by atoms with van der Waals surface area (Å²) in [6.07, 6.45) is 6.03. The summed E-state index contributed by atoms with van der Waals surface area (Å²) < 4.78 is 0. The lowest BCUT2D eigenvalue weighted by molar-refractivity contribution is -0.144. The number of hydrogen-bond donors (Lipinski definition) is 3. The number of nitrogens with one attached hydrogen (secondary N) is 2. The molecule has 0 saturated carbocycles. The molecule has 0 radical (unpaired) electrons. The van der Waals surface area contributed by atoms with Gasteiger partial charge in [-0.25, -0.2) is 5.10 Å². The van der Waals surface area contributed by atoms with E-state index in [1.165, 1.54) is 0 Å². The van der Waals surface area contributed by atoms with E-state index in [1.807, 2.05) is 35.2 Å². The monoisotopic (exact) mass is 429 g/mol. The summed E-state index contributed by atoms with van der Waals surface area (Å²) in [5, 5.41) is 17.2. The van der Waals surface area contributed by atoms with E-state index in [9.17, 15) is 14.7 Å². The number of carboxylic acids is 1. The zero-order valence-corrected chi connectivity index (χ0v) is 17.4. The Kier molecular flexibility index (Phi) is 5.28. The van der Waals surface area contributed by atoms with Gasteiger partial charge in [0.15, 0.2) is 0 Å². The fourth-order valence-electron chi connectivity index (χ4n) is 4.40. The van der Waals surface area contributed by atoms with E-state index >= 15 is 0 Å². The summed E-state index contributed by atoms with van der Waals surface area (Å²) in [6.45, 7) is 1.38. The Bertz CT molecular complexity index is 1330. The van der Waals surface area contributed by atoms with Crippen molar-refractivity contribution in [3.05, 3.63) is 70.8 Å². The Balaban J connectivity index is 1.46. The maximum absolute atomic E-state index is 12.5. The fraction of sp³-hybridized carbons (Fsp3) is 0.250. The van der Waals surface area contributed by atoms with Crippen LogP contribution in [-0.2, 0) is 11.3 Å². The smallest absolute Gasteiger partial charge is 0.320 e. The number of carboxylic acid groups (broad SMARTS) is 1. The zero-order chi connectivity index (χ0) is 22.1. The third-order valence-electron chi connectivity index (χ3n) is 6.04. The van der Waals surface area contributed by atoms with Gasteiger partial charge in [-0.05, 0) is 61.3 Å². The normalized spacial score (nSPS) is 16.9. The number of aromatic amines is 2. The molecule has 0 amide bonds. The summed E-state index contributed by atoms with van der Waals surface area (Å²) in [5.74, 6) is -0.753. The first-order valence-corrected chi connectivity index (χ1v) is 10.7. The summed E-state index contributed by atoms with van der Waals surface area (Å²) in [5.41, 5.74) is 4.43. The highest BCUT2D eigenvalue weighted by Crippen LogP contribution is 2.27. The fourth-order valence-corrected chi connectivity index (χ4v) is 4.40. The van der Waals surface area contributed by atoms with Crippen molar-refractivity contribution in [3.63, 3.8) is 0 Å². The van der Waals surface area contributed by atoms with Crippen molar-refractivity contribution in [2.45, 2.75) is 31.8 Å². The predicted molar refractivity (Wildman–Crippen MR) is 121 cm³/mol. The molecule has 8 nitrogen and oxygen atoms in total. The lowest BCUT2D eigenvalue weighted by Gasteiger charge is -2.32. The zero-order valence-electron chi connectivity index (χ0n) is 17.4. The molecule has 32 heavy (non-hydrogen) atoms. The molecule has 0 aliphatic carbocycles. The highest BCUT2D eigenvalue weighted by Gasteiger charge is 2.28. The van der Waals surface area contributed by atoms with Crippen molar-refractivity contribution in [1.29, 1.82) is 0 Å². The van der Waals surface area contributed by atoms with Crippen LogP contribution in [0.4, 0.5) is 0 Å². The highest BCUT2D eigenvalue weighted by molar-refractivity contribution is 5.86. The predicted octanol–water partition coefficient (Wildman–Crippen LogP) is 3.42. The molecule has 4 aromatic rings. The van der Waals surface area contributed by atoms with Crippen LogP contribution in [0.25, 0.3) is 33.4 Å². The minimum Gasteiger partial charge on any atom is -0.480 e. The standard InChI is InChI=1S/C24H23N5O3/c30-23-18(13-20(27-28-23)16-6-8-25-9-7-16)21-12-17-11-15(4-5-19(17)26-21)14-29-10-2-1-3-22(29)24(31)32/h4-9,11-13,22,26H,1-3,10,14H2,(H,28,30)(H,31,32). The van der Waals surface area contributed by atoms with E-state index in [1.54, 1.807) is 18.5 Å². The molecule has 3 aromatic heterocycles. The van der Waals surface area contributed by atoms with E-state index < -0.39 is 12.0 Å². The summed E-state index contributed by atoms with van der Waals surface area (Å²) in [7, 11) is 0. The van der Waals surface area contributed by atoms with Gasteiger partial charge in [0.05, 0.1) is 17.0 Å². The maximum atomic E-state index is 12.5. The molecule has 1 fully saturated rings. The molecule has 4 heterocycles. The van der Waals surface area contributed by atoms with Gasteiger partial charge in [0.1, 0.15) is 6.04 Å². The van der Waals surface area contributed by atoms with Crippen LogP contribution in [0.3, 0.4) is 0 Å². The highest BCUT2D eigenvalue weighted by atomic mass is 16.4. The Morgan fingerprint density at radius 3 is 2.78 bits per heavy atom. The summed E-state index contributed by atoms with van der Waals surface area (Å²) in [6, 6.07) is 13.0. The van der Waals surface area contributed by atoms with Gasteiger partial charge in [0.25, 0.3) is 5.56 Å². The van der Waals surface area contributed by atoms with Crippen molar-refractivity contribution >= 4 is 16.9 Å². The second-order valence-corrected chi connectivity index (χ2v) is 8.16. The molecule has 1 aliphatic heterocycles. The van der Waals surface area contributed by atoms with Gasteiger partial charge in [-0.3, -0.25) is 19.5 Å². The van der Waals surface area contributed by atoms with E-state index in [4.69, 9.17) is 0 Å². The number of piperidine rings is 1. The van der Waals surface area contributed by atoms with Crippen molar-refractivity contribution in [2.75, 3.05) is 6.54 Å². The first-order valence-electron chi connectivity index (χ1n) is 10.7. The lowest BCUT2D eigenvalue weighted by atomic mass is 10.0. The Morgan fingerprint density at radius 1 is 1.12 bits per heavy atom. The number of carbonyl (C=O) groups is 1. The lowest BCUT2D eigenvalue weighted by Crippen LogP contribution is -2.43. The molecule has 0 spiro atoms. The molecule has 1 saturated heterocycles. The number of rotatable bonds is 5. The molecule has 8 heteroatoms. The number of hydrogen-bond acceptors (Lipinski definition) is 5. The third kappa shape index (κ3) is 3.92. The third-order valence-corrected chi connectivity index (χ3v) is 6.04. The molecule has 1 unspecified atom stereocenters. The molecule has 162 valence electrons. The SMILES string of the molecule is O=C(O)C1CCCCN1Cc1ccc2[nH]c(-c3cc(-c4ccncc4)n[nH]c3=O)cc2c1. The number of pyridine rings is 1. The number of H-pyrrole nitrogens is 2. The van der Waals surface area contributed by atoms with E-state index in [0.29, 0.717) is 29.9 Å². The Morgan fingerprint density at radius 2 is 1.97 bits per heavy atom. The van der Waals surface area contributed by atoms with Crippen LogP contribution in [0.2, 0.25) is 0 Å². The molecule has 1 aromatic carbocycles. The van der Waals surface area contributed by atoms with Gasteiger partial charge < -0.3 is 10.1 Å². The van der Waals surface area contributed by atoms with Crippen LogP contribution >= 0.6 is 0 Å². The van der Waals surface area contributed by atoms with Crippen molar-refractivity contribution in [3.8, 4) is 22.5 Å². The average molecular weight is 429 g/mol. The van der Waals surface area contributed by atoms with E-state index in [0.717, 1.165) is 41.4 Å². The van der Waals surface area contributed by atoms with Crippen LogP contribution in [0, 0.1) is 0 Å². The summed E-state index contributed by atoms with van der Waals surface area (Å²) in [4.78, 5) is 33.5. The van der Waals surface area contributed by atoms with Crippen molar-refractivity contribution < 1.29 is 9.90 Å². The maximum Gasteiger partial charge on any atom is 0.320 e. The molecule has 3 N–H and O–H groups in total. The number of aliphatic carboxylic acids is 1. The van der Waals surface area contributed by atoms with Gasteiger partial charge in [-0.2, -0.15) is 5.10 Å². The van der Waals surface area contributed by atoms with Crippen LogP contribution in [0.1, 0.15) is 24.8 Å². The Labute approximate surface area is 183 Å². The number of benzene rings is 1. The quantitative estimate of drug-likeness (QED) is 0.448. The minimum absolute atomic E-state index is 0.271. The van der Waals surface area contributed by atoms with Crippen LogP contribution < -0.4 is 5.56 Å². The molecule has 1 atom stereocenters. The largest absolute Gasteiger partial charge is 0.480 e. The number of likely N-dealkylation sites (tertiary alicyclic amines) is 1. The van der Waals surface area contributed by atoms with Crippen LogP contribution in [0.15, 0.2) is 59.7 Å². The van der Waals surface area contributed by atoms with Gasteiger partial charge in [-0.15, -0.1) is 0 Å². The molecule has 1 aliphatic rings. The number of nitrogens with zero attached hydrogens (tertiary/aromatic N) is 3. The van der Waals surface area contributed by atoms with Crippen LogP contribution in [0.5, 0.6) is 0 Å². The van der Waals surface area contributed by atoms with Gasteiger partial charge in [0, 0.05) is 35.4 Å². The Hall–Kier alpha value is -3.78. The topological polar surface area (TPSA) is 115 Å². The first-order chi connectivity index (χ1) is 15.6. The molecular formula is C24H23N5O3. The van der Waals surface area contributed by atoms with E-state index in [2.05, 4.69) is 26.2 Å². The second kappa shape index (κ2) is 8.39. The van der Waals surface area contributed by atoms with E-state index in [-0.39, 0.29) is 5.56 Å². The van der Waals surface area contributed by atoms with Gasteiger partial charge in [0.2, 0.25) is 0 Å². The molecule has 5 rings (SSSR count). The number of fused-ring (bicyclic) bond motifs is 1. The van der Waals surface area contributed by atoms with Crippen molar-refractivity contribution in [2.24, 2.45) is 0 Å². The van der Waals surface area contributed by atoms with Crippen molar-refractivity contribution in [1.82, 2.24) is 25.1 Å². The van der Waals surface area contributed by atoms with Crippen LogP contribution in [-0.4, -0.2) is 48.7 Å². The molecule has 0 bridgehead atoms.